The number of para-hydroxylation sites is 1. The molecule has 0 spiro atoms. The zero-order valence-electron chi connectivity index (χ0n) is 24.1. The first-order valence-corrected chi connectivity index (χ1v) is 14.7. The molecule has 0 aromatic heterocycles. The van der Waals surface area contributed by atoms with Crippen LogP contribution in [0.4, 0.5) is 0 Å². The van der Waals surface area contributed by atoms with Crippen molar-refractivity contribution in [2.75, 3.05) is 27.3 Å². The number of carbonyl (C=O) groups excluding carboxylic acids is 1. The second-order valence-electron chi connectivity index (χ2n) is 10.9. The lowest BCUT2D eigenvalue weighted by Gasteiger charge is -2.36. The van der Waals surface area contributed by atoms with Gasteiger partial charge in [-0.05, 0) is 24.5 Å². The molecule has 4 nitrogen and oxygen atoms in total. The standard InChI is InChI=1S/C33H52NO3/c1-5-7-8-9-10-11-12-13-14-18-23-30-24-19-20-25-32(30)36-26-27-37-33(35)31(6-2)34(3,4)28-29-21-16-15-17-22-29/h15-17,19-22,24-25,31H,5-14,18,23,26-28H2,1-4H3/q+1. The quantitative estimate of drug-likeness (QED) is 0.102. The van der Waals surface area contributed by atoms with Gasteiger partial charge in [0.05, 0.1) is 14.1 Å². The fourth-order valence-corrected chi connectivity index (χ4v) is 5.15. The summed E-state index contributed by atoms with van der Waals surface area (Å²) in [6.07, 6.45) is 15.2. The zero-order chi connectivity index (χ0) is 26.8. The van der Waals surface area contributed by atoms with Crippen molar-refractivity contribution >= 4 is 5.97 Å². The third-order valence-electron chi connectivity index (χ3n) is 7.29. The number of nitrogens with zero attached hydrogens (tertiary/aromatic N) is 1. The van der Waals surface area contributed by atoms with Gasteiger partial charge in [-0.2, -0.15) is 0 Å². The Morgan fingerprint density at radius 2 is 1.35 bits per heavy atom. The number of hydrogen-bond acceptors (Lipinski definition) is 3. The number of quaternary nitrogens is 1. The minimum Gasteiger partial charge on any atom is -0.490 e. The van der Waals surface area contributed by atoms with E-state index in [2.05, 4.69) is 52.2 Å². The average Bonchev–Trinajstić information content (AvgIpc) is 2.89. The molecule has 206 valence electrons. The van der Waals surface area contributed by atoms with Crippen LogP contribution in [-0.4, -0.2) is 43.8 Å². The maximum absolute atomic E-state index is 12.9. The van der Waals surface area contributed by atoms with Gasteiger partial charge in [0.1, 0.15) is 25.5 Å². The minimum absolute atomic E-state index is 0.148. The van der Waals surface area contributed by atoms with Gasteiger partial charge in [-0.15, -0.1) is 0 Å². The van der Waals surface area contributed by atoms with Gasteiger partial charge in [-0.1, -0.05) is 120 Å². The predicted molar refractivity (Wildman–Crippen MR) is 155 cm³/mol. The van der Waals surface area contributed by atoms with Gasteiger partial charge in [0.25, 0.3) is 0 Å². The number of aryl methyl sites for hydroxylation is 1. The number of likely N-dealkylation sites (N-methyl/N-ethyl adjacent to an activating group) is 1. The molecule has 0 saturated carbocycles. The van der Waals surface area contributed by atoms with E-state index in [-0.39, 0.29) is 18.6 Å². The fraction of sp³-hybridized carbons (Fsp3) is 0.606. The Hall–Kier alpha value is -2.33. The lowest BCUT2D eigenvalue weighted by atomic mass is 10.0. The van der Waals surface area contributed by atoms with Crippen LogP contribution in [0.1, 0.15) is 95.6 Å². The van der Waals surface area contributed by atoms with Crippen molar-refractivity contribution in [2.45, 2.75) is 103 Å². The van der Waals surface area contributed by atoms with Crippen molar-refractivity contribution < 1.29 is 18.8 Å². The van der Waals surface area contributed by atoms with Crippen molar-refractivity contribution in [3.05, 3.63) is 65.7 Å². The van der Waals surface area contributed by atoms with Crippen molar-refractivity contribution in [2.24, 2.45) is 0 Å². The van der Waals surface area contributed by atoms with Gasteiger partial charge in [0.2, 0.25) is 0 Å². The van der Waals surface area contributed by atoms with Gasteiger partial charge in [0, 0.05) is 12.0 Å². The van der Waals surface area contributed by atoms with Crippen LogP contribution in [0.3, 0.4) is 0 Å². The number of benzene rings is 2. The van der Waals surface area contributed by atoms with Crippen LogP contribution in [0.2, 0.25) is 0 Å². The first kappa shape index (κ1) is 30.9. The van der Waals surface area contributed by atoms with Crippen LogP contribution < -0.4 is 4.74 Å². The Labute approximate surface area is 227 Å². The van der Waals surface area contributed by atoms with E-state index in [0.717, 1.165) is 25.1 Å². The van der Waals surface area contributed by atoms with Gasteiger partial charge in [-0.25, -0.2) is 4.79 Å². The van der Waals surface area contributed by atoms with Gasteiger partial charge in [0.15, 0.2) is 6.04 Å². The first-order chi connectivity index (χ1) is 18.0. The summed E-state index contributed by atoms with van der Waals surface area (Å²) in [7, 11) is 4.20. The average molecular weight is 511 g/mol. The van der Waals surface area contributed by atoms with E-state index in [9.17, 15) is 4.79 Å². The molecule has 2 aromatic carbocycles. The molecule has 0 aliphatic heterocycles. The highest BCUT2D eigenvalue weighted by molar-refractivity contribution is 5.74. The van der Waals surface area contributed by atoms with Gasteiger partial charge in [-0.3, -0.25) is 0 Å². The number of hydrogen-bond donors (Lipinski definition) is 0. The number of ether oxygens (including phenoxy) is 2. The molecular weight excluding hydrogens is 458 g/mol. The Kier molecular flexibility index (Phi) is 15.0. The van der Waals surface area contributed by atoms with Crippen molar-refractivity contribution in [1.29, 1.82) is 0 Å². The molecule has 1 unspecified atom stereocenters. The third-order valence-corrected chi connectivity index (χ3v) is 7.29. The summed E-state index contributed by atoms with van der Waals surface area (Å²) in [6.45, 7) is 5.76. The van der Waals surface area contributed by atoms with E-state index in [1.165, 1.54) is 75.3 Å². The molecule has 1 atom stereocenters. The summed E-state index contributed by atoms with van der Waals surface area (Å²) < 4.78 is 12.3. The minimum atomic E-state index is -0.205. The molecule has 37 heavy (non-hydrogen) atoms. The summed E-state index contributed by atoms with van der Waals surface area (Å²) in [6, 6.07) is 18.4. The number of carbonyl (C=O) groups is 1. The van der Waals surface area contributed by atoms with E-state index in [0.29, 0.717) is 11.1 Å². The molecule has 0 radical (unpaired) electrons. The van der Waals surface area contributed by atoms with Crippen LogP contribution in [0.5, 0.6) is 5.75 Å². The maximum Gasteiger partial charge on any atom is 0.365 e. The van der Waals surface area contributed by atoms with Gasteiger partial charge < -0.3 is 14.0 Å². The summed E-state index contributed by atoms with van der Waals surface area (Å²) >= 11 is 0. The van der Waals surface area contributed by atoms with Gasteiger partial charge >= 0.3 is 5.97 Å². The fourth-order valence-electron chi connectivity index (χ4n) is 5.15. The molecule has 0 aliphatic rings. The van der Waals surface area contributed by atoms with Crippen LogP contribution in [0.15, 0.2) is 54.6 Å². The van der Waals surface area contributed by atoms with Crippen LogP contribution in [0.25, 0.3) is 0 Å². The highest BCUT2D eigenvalue weighted by Gasteiger charge is 2.34. The van der Waals surface area contributed by atoms with E-state index in [1.54, 1.807) is 0 Å². The maximum atomic E-state index is 12.9. The lowest BCUT2D eigenvalue weighted by molar-refractivity contribution is -0.919. The molecule has 0 aliphatic carbocycles. The molecule has 0 heterocycles. The predicted octanol–water partition coefficient (Wildman–Crippen LogP) is 8.13. The molecule has 0 saturated heterocycles. The molecular formula is C33H52NO3+. The molecule has 0 fully saturated rings. The smallest absolute Gasteiger partial charge is 0.365 e. The Bertz CT molecular complexity index is 865. The van der Waals surface area contributed by atoms with E-state index >= 15 is 0 Å². The van der Waals surface area contributed by atoms with Crippen LogP contribution in [0, 0.1) is 0 Å². The molecule has 4 heteroatoms. The second-order valence-corrected chi connectivity index (χ2v) is 10.9. The molecule has 0 bridgehead atoms. The Morgan fingerprint density at radius 3 is 2.00 bits per heavy atom. The highest BCUT2D eigenvalue weighted by atomic mass is 16.6. The molecule has 2 rings (SSSR count). The Morgan fingerprint density at radius 1 is 0.757 bits per heavy atom. The lowest BCUT2D eigenvalue weighted by Crippen LogP contribution is -2.52. The summed E-state index contributed by atoms with van der Waals surface area (Å²) in [5.74, 6) is 0.771. The van der Waals surface area contributed by atoms with Crippen molar-refractivity contribution in [1.82, 2.24) is 0 Å². The van der Waals surface area contributed by atoms with E-state index in [4.69, 9.17) is 9.47 Å². The number of esters is 1. The molecule has 0 amide bonds. The third kappa shape index (κ3) is 12.2. The molecule has 0 N–H and O–H groups in total. The first-order valence-electron chi connectivity index (χ1n) is 14.7. The topological polar surface area (TPSA) is 35.5 Å². The highest BCUT2D eigenvalue weighted by Crippen LogP contribution is 2.22. The van der Waals surface area contributed by atoms with Crippen molar-refractivity contribution in [3.63, 3.8) is 0 Å². The Balaban J connectivity index is 1.68. The van der Waals surface area contributed by atoms with E-state index < -0.39 is 0 Å². The summed E-state index contributed by atoms with van der Waals surface area (Å²) in [5, 5.41) is 0. The van der Waals surface area contributed by atoms with Crippen LogP contribution in [-0.2, 0) is 22.5 Å². The number of unbranched alkanes of at least 4 members (excludes halogenated alkanes) is 9. The summed E-state index contributed by atoms with van der Waals surface area (Å²) in [5.41, 5.74) is 2.47. The zero-order valence-corrected chi connectivity index (χ0v) is 24.1. The monoisotopic (exact) mass is 510 g/mol. The summed E-state index contributed by atoms with van der Waals surface area (Å²) in [4.78, 5) is 12.9. The number of rotatable bonds is 20. The van der Waals surface area contributed by atoms with Crippen molar-refractivity contribution in [3.8, 4) is 5.75 Å². The molecule has 2 aromatic rings. The SMILES string of the molecule is CCCCCCCCCCCCc1ccccc1OCCOC(=O)C(CC)[N+](C)(C)Cc1ccccc1. The van der Waals surface area contributed by atoms with Crippen LogP contribution >= 0.6 is 0 Å². The van der Waals surface area contributed by atoms with E-state index in [1.807, 2.05) is 30.3 Å². The normalized spacial score (nSPS) is 12.3. The second kappa shape index (κ2) is 18.0. The largest absolute Gasteiger partial charge is 0.490 e.